The van der Waals surface area contributed by atoms with Crippen molar-refractivity contribution in [3.63, 3.8) is 0 Å². The summed E-state index contributed by atoms with van der Waals surface area (Å²) in [5.41, 5.74) is 0.387. The van der Waals surface area contributed by atoms with Gasteiger partial charge in [-0.25, -0.2) is 9.59 Å². The van der Waals surface area contributed by atoms with Crippen molar-refractivity contribution in [2.24, 2.45) is 5.41 Å². The summed E-state index contributed by atoms with van der Waals surface area (Å²) in [7, 11) is 0. The fraction of sp³-hybridized carbons (Fsp3) is 0.688. The summed E-state index contributed by atoms with van der Waals surface area (Å²) in [6, 6.07) is -0.883. The molecule has 1 heterocycles. The fourth-order valence-corrected chi connectivity index (χ4v) is 2.21. The third-order valence-electron chi connectivity index (χ3n) is 3.20. The summed E-state index contributed by atoms with van der Waals surface area (Å²) in [6.45, 7) is 9.40. The number of ether oxygens (including phenoxy) is 2. The minimum absolute atomic E-state index is 0.160. The number of carbonyl (C=O) groups excluding carboxylic acids is 3. The average molecular weight is 326 g/mol. The second-order valence-corrected chi connectivity index (χ2v) is 6.57. The highest BCUT2D eigenvalue weighted by molar-refractivity contribution is 5.94. The first-order chi connectivity index (χ1) is 10.7. The van der Waals surface area contributed by atoms with E-state index in [2.05, 4.69) is 10.6 Å². The lowest BCUT2D eigenvalue weighted by atomic mass is 9.92. The number of amides is 2. The Balaban J connectivity index is 2.92. The van der Waals surface area contributed by atoms with Crippen LogP contribution in [-0.4, -0.2) is 37.2 Å². The summed E-state index contributed by atoms with van der Waals surface area (Å²) in [4.78, 5) is 35.7. The Kier molecular flexibility index (Phi) is 6.60. The van der Waals surface area contributed by atoms with Gasteiger partial charge in [-0.3, -0.25) is 4.79 Å². The molecule has 1 aliphatic heterocycles. The number of carbonyl (C=O) groups is 3. The van der Waals surface area contributed by atoms with Gasteiger partial charge in [0.2, 0.25) is 0 Å². The number of urea groups is 1. The van der Waals surface area contributed by atoms with E-state index in [1.54, 1.807) is 6.92 Å². The number of esters is 2. The van der Waals surface area contributed by atoms with E-state index in [0.29, 0.717) is 12.0 Å². The Labute approximate surface area is 136 Å². The van der Waals surface area contributed by atoms with Crippen molar-refractivity contribution < 1.29 is 23.9 Å². The molecule has 7 heteroatoms. The third kappa shape index (κ3) is 5.92. The highest BCUT2D eigenvalue weighted by Gasteiger charge is 2.32. The van der Waals surface area contributed by atoms with Crippen LogP contribution in [0.25, 0.3) is 0 Å². The van der Waals surface area contributed by atoms with Gasteiger partial charge in [-0.05, 0) is 18.8 Å². The smallest absolute Gasteiger partial charge is 0.338 e. The molecule has 0 spiro atoms. The van der Waals surface area contributed by atoms with Crippen LogP contribution in [0.1, 0.15) is 47.5 Å². The second kappa shape index (κ2) is 7.99. The molecule has 2 N–H and O–H groups in total. The van der Waals surface area contributed by atoms with Crippen LogP contribution in [0.5, 0.6) is 0 Å². The molecule has 130 valence electrons. The van der Waals surface area contributed by atoms with E-state index in [0.717, 1.165) is 0 Å². The number of nitrogens with one attached hydrogen (secondary N) is 2. The average Bonchev–Trinajstić information content (AvgIpc) is 2.42. The molecule has 1 aliphatic rings. The molecule has 0 saturated carbocycles. The van der Waals surface area contributed by atoms with Crippen LogP contribution in [0.15, 0.2) is 11.3 Å². The number of rotatable bonds is 6. The highest BCUT2D eigenvalue weighted by Crippen LogP contribution is 2.20. The molecule has 0 fully saturated rings. The Morgan fingerprint density at radius 3 is 2.35 bits per heavy atom. The summed E-state index contributed by atoms with van der Waals surface area (Å²) < 4.78 is 10.2. The molecule has 0 radical (unpaired) electrons. The molecule has 2 amide bonds. The van der Waals surface area contributed by atoms with Gasteiger partial charge in [0, 0.05) is 0 Å². The van der Waals surface area contributed by atoms with Crippen molar-refractivity contribution in [2.75, 3.05) is 13.2 Å². The van der Waals surface area contributed by atoms with Gasteiger partial charge in [-0.2, -0.15) is 0 Å². The molecule has 1 rings (SSSR count). The van der Waals surface area contributed by atoms with Crippen LogP contribution < -0.4 is 10.6 Å². The predicted molar refractivity (Wildman–Crippen MR) is 84.4 cm³/mol. The van der Waals surface area contributed by atoms with Crippen LogP contribution >= 0.6 is 0 Å². The van der Waals surface area contributed by atoms with Crippen LogP contribution in [0.4, 0.5) is 4.79 Å². The van der Waals surface area contributed by atoms with E-state index in [9.17, 15) is 14.4 Å². The highest BCUT2D eigenvalue weighted by atomic mass is 16.5. The quantitative estimate of drug-likeness (QED) is 0.727. The van der Waals surface area contributed by atoms with Crippen LogP contribution in [-0.2, 0) is 19.1 Å². The summed E-state index contributed by atoms with van der Waals surface area (Å²) in [5, 5.41) is 5.20. The van der Waals surface area contributed by atoms with Gasteiger partial charge >= 0.3 is 18.0 Å². The molecule has 0 bridgehead atoms. The van der Waals surface area contributed by atoms with E-state index in [-0.39, 0.29) is 36.7 Å². The number of hydrogen-bond donors (Lipinski definition) is 2. The lowest BCUT2D eigenvalue weighted by molar-refractivity contribution is -0.145. The second-order valence-electron chi connectivity index (χ2n) is 6.57. The molecule has 0 unspecified atom stereocenters. The maximum absolute atomic E-state index is 12.1. The molecule has 0 aromatic carbocycles. The minimum atomic E-state index is -0.520. The molecule has 0 aliphatic carbocycles. The molecule has 0 aromatic heterocycles. The minimum Gasteiger partial charge on any atom is -0.463 e. The van der Waals surface area contributed by atoms with Crippen LogP contribution in [0, 0.1) is 5.41 Å². The predicted octanol–water partition coefficient (Wildman–Crippen LogP) is 1.87. The zero-order valence-electron chi connectivity index (χ0n) is 14.4. The van der Waals surface area contributed by atoms with Gasteiger partial charge < -0.3 is 20.1 Å². The normalized spacial score (nSPS) is 18.1. The third-order valence-corrected chi connectivity index (χ3v) is 3.20. The largest absolute Gasteiger partial charge is 0.463 e. The summed E-state index contributed by atoms with van der Waals surface area (Å²) in [6.07, 6.45) is 0.777. The Bertz CT molecular complexity index is 505. The maximum atomic E-state index is 12.1. The fourth-order valence-electron chi connectivity index (χ4n) is 2.21. The molecular weight excluding hydrogens is 300 g/mol. The van der Waals surface area contributed by atoms with Crippen molar-refractivity contribution in [1.29, 1.82) is 0 Å². The van der Waals surface area contributed by atoms with Crippen molar-refractivity contribution in [1.82, 2.24) is 10.6 Å². The van der Waals surface area contributed by atoms with Gasteiger partial charge in [0.1, 0.15) is 6.61 Å². The molecule has 0 aromatic rings. The van der Waals surface area contributed by atoms with E-state index < -0.39 is 18.0 Å². The van der Waals surface area contributed by atoms with E-state index >= 15 is 0 Å². The monoisotopic (exact) mass is 326 g/mol. The molecule has 0 saturated heterocycles. The summed E-state index contributed by atoms with van der Waals surface area (Å²) in [5.74, 6) is -0.900. The zero-order valence-corrected chi connectivity index (χ0v) is 14.4. The van der Waals surface area contributed by atoms with Gasteiger partial charge in [-0.1, -0.05) is 27.7 Å². The first kappa shape index (κ1) is 19.0. The molecule has 7 nitrogen and oxygen atoms in total. The van der Waals surface area contributed by atoms with Crippen LogP contribution in [0.2, 0.25) is 0 Å². The maximum Gasteiger partial charge on any atom is 0.338 e. The lowest BCUT2D eigenvalue weighted by Crippen LogP contribution is -2.51. The first-order valence-electron chi connectivity index (χ1n) is 7.81. The van der Waals surface area contributed by atoms with Crippen LogP contribution in [0.3, 0.4) is 0 Å². The molecule has 1 atom stereocenters. The van der Waals surface area contributed by atoms with Gasteiger partial charge in [0.15, 0.2) is 0 Å². The molecule has 23 heavy (non-hydrogen) atoms. The van der Waals surface area contributed by atoms with E-state index in [1.807, 2.05) is 27.7 Å². The topological polar surface area (TPSA) is 93.7 Å². The Morgan fingerprint density at radius 1 is 1.17 bits per heavy atom. The van der Waals surface area contributed by atoms with Crippen molar-refractivity contribution >= 4 is 18.0 Å². The molecular formula is C16H26N2O5. The van der Waals surface area contributed by atoms with Crippen molar-refractivity contribution in [2.45, 2.75) is 53.5 Å². The first-order valence-corrected chi connectivity index (χ1v) is 7.81. The van der Waals surface area contributed by atoms with E-state index in [4.69, 9.17) is 9.47 Å². The Morgan fingerprint density at radius 2 is 1.83 bits per heavy atom. The van der Waals surface area contributed by atoms with Gasteiger partial charge in [0.25, 0.3) is 0 Å². The Hall–Kier alpha value is -2.05. The van der Waals surface area contributed by atoms with Gasteiger partial charge in [-0.15, -0.1) is 0 Å². The standard InChI is InChI=1S/C16H26N2O5/c1-6-10-13(14(20)22-7-2)11(18-15(21)17-10)9-23-12(19)8-16(3,4)5/h10H,6-9H2,1-5H3,(H2,17,18,21)/t10-/m1/s1. The SMILES string of the molecule is CCOC(=O)C1=C(COC(=O)CC(C)(C)C)NC(=O)N[C@@H]1CC. The zero-order chi connectivity index (χ0) is 17.6. The van der Waals surface area contributed by atoms with Crippen molar-refractivity contribution in [3.05, 3.63) is 11.3 Å². The lowest BCUT2D eigenvalue weighted by Gasteiger charge is -2.28. The number of hydrogen-bond acceptors (Lipinski definition) is 5. The van der Waals surface area contributed by atoms with E-state index in [1.165, 1.54) is 0 Å². The summed E-state index contributed by atoms with van der Waals surface area (Å²) >= 11 is 0. The van der Waals surface area contributed by atoms with Crippen molar-refractivity contribution in [3.8, 4) is 0 Å². The van der Waals surface area contributed by atoms with Gasteiger partial charge in [0.05, 0.1) is 30.3 Å².